The Labute approximate surface area is 229 Å². The number of ether oxygens (including phenoxy) is 1. The molecule has 0 saturated heterocycles. The molecule has 3 atom stereocenters. The number of benzene rings is 2. The number of hydrogen-bond acceptors (Lipinski definition) is 7. The molecule has 0 radical (unpaired) electrons. The topological polar surface area (TPSA) is 106 Å². The standard InChI is InChI=1S/C29H34N2O7S/c1-19(17-38-39(5,34)35)27(26-15-10-16-36-26)31(4)28(32)20(2)30(3)29(33)37-18-25-23-13-8-6-11-21(23)22-12-7-9-14-24(22)25/h6-16,19-20,25,27H,17-18H2,1-5H3/t19-,20-,27?/m1/s1. The number of likely N-dealkylation sites (N-methyl/N-ethyl adjacent to an activating group) is 2. The number of furan rings is 1. The molecule has 0 spiro atoms. The van der Waals surface area contributed by atoms with E-state index < -0.39 is 34.2 Å². The lowest BCUT2D eigenvalue weighted by Crippen LogP contribution is -2.49. The first kappa shape index (κ1) is 28.4. The van der Waals surface area contributed by atoms with Crippen LogP contribution in [0.4, 0.5) is 4.79 Å². The Morgan fingerprint density at radius 2 is 1.51 bits per heavy atom. The van der Waals surface area contributed by atoms with Gasteiger partial charge in [0.25, 0.3) is 10.1 Å². The van der Waals surface area contributed by atoms with E-state index >= 15 is 0 Å². The minimum absolute atomic E-state index is 0.0949. The lowest BCUT2D eigenvalue weighted by molar-refractivity contribution is -0.138. The summed E-state index contributed by atoms with van der Waals surface area (Å²) in [7, 11) is -0.550. The molecule has 1 unspecified atom stereocenters. The van der Waals surface area contributed by atoms with Crippen molar-refractivity contribution < 1.29 is 31.3 Å². The smallest absolute Gasteiger partial charge is 0.410 e. The zero-order valence-electron chi connectivity index (χ0n) is 22.7. The van der Waals surface area contributed by atoms with Gasteiger partial charge in [-0.1, -0.05) is 55.5 Å². The normalized spacial score (nSPS) is 15.1. The zero-order chi connectivity index (χ0) is 28.3. The number of hydrogen-bond donors (Lipinski definition) is 0. The Balaban J connectivity index is 1.44. The van der Waals surface area contributed by atoms with Gasteiger partial charge in [-0.25, -0.2) is 4.79 Å². The first-order valence-corrected chi connectivity index (χ1v) is 14.5. The van der Waals surface area contributed by atoms with Gasteiger partial charge in [0.2, 0.25) is 5.91 Å². The summed E-state index contributed by atoms with van der Waals surface area (Å²) in [4.78, 5) is 29.3. The molecule has 2 amide bonds. The Bertz CT molecular complexity index is 1380. The van der Waals surface area contributed by atoms with Crippen LogP contribution in [-0.2, 0) is 23.8 Å². The van der Waals surface area contributed by atoms with Crippen LogP contribution in [0.3, 0.4) is 0 Å². The highest BCUT2D eigenvalue weighted by Gasteiger charge is 2.35. The molecule has 1 aliphatic carbocycles. The predicted octanol–water partition coefficient (Wildman–Crippen LogP) is 4.66. The maximum Gasteiger partial charge on any atom is 0.410 e. The molecule has 208 valence electrons. The molecule has 1 heterocycles. The fourth-order valence-electron chi connectivity index (χ4n) is 5.09. The van der Waals surface area contributed by atoms with Gasteiger partial charge in [-0.2, -0.15) is 8.42 Å². The van der Waals surface area contributed by atoms with Gasteiger partial charge in [0.05, 0.1) is 25.2 Å². The first-order chi connectivity index (χ1) is 18.5. The van der Waals surface area contributed by atoms with Crippen molar-refractivity contribution in [2.45, 2.75) is 31.8 Å². The molecule has 3 aromatic rings. The summed E-state index contributed by atoms with van der Waals surface area (Å²) >= 11 is 0. The second kappa shape index (κ2) is 11.6. The molecule has 4 rings (SSSR count). The molecule has 1 aromatic heterocycles. The second-order valence-electron chi connectivity index (χ2n) is 9.97. The molecule has 0 fully saturated rings. The van der Waals surface area contributed by atoms with Crippen molar-refractivity contribution in [1.29, 1.82) is 0 Å². The van der Waals surface area contributed by atoms with Crippen molar-refractivity contribution in [3.8, 4) is 11.1 Å². The van der Waals surface area contributed by atoms with Crippen LogP contribution < -0.4 is 0 Å². The monoisotopic (exact) mass is 554 g/mol. The van der Waals surface area contributed by atoms with Crippen LogP contribution >= 0.6 is 0 Å². The predicted molar refractivity (Wildman–Crippen MR) is 146 cm³/mol. The lowest BCUT2D eigenvalue weighted by Gasteiger charge is -2.35. The van der Waals surface area contributed by atoms with E-state index in [0.29, 0.717) is 5.76 Å². The minimum atomic E-state index is -3.66. The molecule has 0 bridgehead atoms. The van der Waals surface area contributed by atoms with Crippen molar-refractivity contribution in [3.05, 3.63) is 83.8 Å². The van der Waals surface area contributed by atoms with E-state index in [1.165, 1.54) is 23.1 Å². The highest BCUT2D eigenvalue weighted by atomic mass is 32.2. The van der Waals surface area contributed by atoms with Crippen LogP contribution in [0.15, 0.2) is 71.3 Å². The summed E-state index contributed by atoms with van der Waals surface area (Å²) in [6, 6.07) is 18.1. The molecule has 39 heavy (non-hydrogen) atoms. The Morgan fingerprint density at radius 1 is 0.923 bits per heavy atom. The third-order valence-electron chi connectivity index (χ3n) is 7.25. The van der Waals surface area contributed by atoms with Crippen LogP contribution in [0, 0.1) is 5.92 Å². The fraction of sp³-hybridized carbons (Fsp3) is 0.379. The molecule has 9 nitrogen and oxygen atoms in total. The van der Waals surface area contributed by atoms with Crippen LogP contribution in [0.1, 0.15) is 42.7 Å². The van der Waals surface area contributed by atoms with Gasteiger partial charge < -0.3 is 14.1 Å². The molecule has 0 saturated carbocycles. The van der Waals surface area contributed by atoms with E-state index in [1.807, 2.05) is 36.4 Å². The molecule has 0 N–H and O–H groups in total. The van der Waals surface area contributed by atoms with Crippen molar-refractivity contribution in [2.75, 3.05) is 33.6 Å². The quantitative estimate of drug-likeness (QED) is 0.336. The van der Waals surface area contributed by atoms with Crippen LogP contribution in [0.2, 0.25) is 0 Å². The number of amides is 2. The van der Waals surface area contributed by atoms with Gasteiger partial charge >= 0.3 is 6.09 Å². The maximum absolute atomic E-state index is 13.5. The summed E-state index contributed by atoms with van der Waals surface area (Å²) in [5.74, 6) is -0.403. The molecular formula is C29H34N2O7S. The number of nitrogens with zero attached hydrogens (tertiary/aromatic N) is 2. The average Bonchev–Trinajstić information content (AvgIpc) is 3.55. The highest BCUT2D eigenvalue weighted by molar-refractivity contribution is 7.85. The van der Waals surface area contributed by atoms with E-state index in [-0.39, 0.29) is 25.0 Å². The van der Waals surface area contributed by atoms with Gasteiger partial charge in [-0.05, 0) is 41.3 Å². The third-order valence-corrected chi connectivity index (χ3v) is 7.81. The van der Waals surface area contributed by atoms with Gasteiger partial charge in [-0.15, -0.1) is 0 Å². The van der Waals surface area contributed by atoms with E-state index in [4.69, 9.17) is 13.3 Å². The number of carbonyl (C=O) groups is 2. The number of rotatable bonds is 10. The summed E-state index contributed by atoms with van der Waals surface area (Å²) in [5.41, 5.74) is 4.46. The maximum atomic E-state index is 13.5. The average molecular weight is 555 g/mol. The van der Waals surface area contributed by atoms with Crippen LogP contribution in [0.25, 0.3) is 11.1 Å². The van der Waals surface area contributed by atoms with Crippen molar-refractivity contribution in [3.63, 3.8) is 0 Å². The highest BCUT2D eigenvalue weighted by Crippen LogP contribution is 2.44. The summed E-state index contributed by atoms with van der Waals surface area (Å²) < 4.78 is 39.3. The molecule has 2 aromatic carbocycles. The van der Waals surface area contributed by atoms with Crippen molar-refractivity contribution in [2.24, 2.45) is 5.92 Å². The fourth-order valence-corrected chi connectivity index (χ4v) is 5.55. The van der Waals surface area contributed by atoms with Crippen LogP contribution in [-0.4, -0.2) is 69.8 Å². The Hall–Kier alpha value is -3.63. The molecule has 1 aliphatic rings. The van der Waals surface area contributed by atoms with Crippen molar-refractivity contribution >= 4 is 22.1 Å². The summed E-state index contributed by atoms with van der Waals surface area (Å²) in [6.07, 6.45) is 1.84. The second-order valence-corrected chi connectivity index (χ2v) is 11.6. The molecule has 10 heteroatoms. The van der Waals surface area contributed by atoms with Gasteiger partial charge in [0, 0.05) is 25.9 Å². The third kappa shape index (κ3) is 6.17. The van der Waals surface area contributed by atoms with Crippen LogP contribution in [0.5, 0.6) is 0 Å². The lowest BCUT2D eigenvalue weighted by atomic mass is 9.98. The molecular weight excluding hydrogens is 520 g/mol. The van der Waals surface area contributed by atoms with Gasteiger partial charge in [-0.3, -0.25) is 13.9 Å². The Morgan fingerprint density at radius 3 is 2.05 bits per heavy atom. The zero-order valence-corrected chi connectivity index (χ0v) is 23.6. The molecule has 0 aliphatic heterocycles. The van der Waals surface area contributed by atoms with Gasteiger partial charge in [0.15, 0.2) is 0 Å². The number of carbonyl (C=O) groups excluding carboxylic acids is 2. The summed E-state index contributed by atoms with van der Waals surface area (Å²) in [5, 5.41) is 0. The van der Waals surface area contributed by atoms with Gasteiger partial charge in [0.1, 0.15) is 18.4 Å². The number of fused-ring (bicyclic) bond motifs is 3. The first-order valence-electron chi connectivity index (χ1n) is 12.7. The van der Waals surface area contributed by atoms with E-state index in [1.54, 1.807) is 33.0 Å². The van der Waals surface area contributed by atoms with E-state index in [0.717, 1.165) is 28.5 Å². The van der Waals surface area contributed by atoms with Crippen molar-refractivity contribution in [1.82, 2.24) is 9.80 Å². The minimum Gasteiger partial charge on any atom is -0.467 e. The van der Waals surface area contributed by atoms with E-state index in [9.17, 15) is 18.0 Å². The SMILES string of the molecule is C[C@H](COS(C)(=O)=O)C(c1ccco1)N(C)C(=O)[C@@H](C)N(C)C(=O)OCC1c2ccccc2-c2ccccc21. The van der Waals surface area contributed by atoms with E-state index in [2.05, 4.69) is 12.1 Å². The Kier molecular flexibility index (Phi) is 8.46. The summed E-state index contributed by atoms with van der Waals surface area (Å²) in [6.45, 7) is 3.39. The largest absolute Gasteiger partial charge is 0.467 e.